The molecule has 2 saturated heterocycles. The van der Waals surface area contributed by atoms with Crippen LogP contribution in [0.1, 0.15) is 23.5 Å². The van der Waals surface area contributed by atoms with Gasteiger partial charge in [0.05, 0.1) is 10.7 Å². The van der Waals surface area contributed by atoms with Gasteiger partial charge in [0, 0.05) is 44.2 Å². The molecule has 2 aliphatic heterocycles. The van der Waals surface area contributed by atoms with Crippen LogP contribution < -0.4 is 0 Å². The van der Waals surface area contributed by atoms with E-state index < -0.39 is 0 Å². The number of thiazole rings is 1. The highest BCUT2D eigenvalue weighted by molar-refractivity contribution is 7.09. The molecule has 1 amide bonds. The molecule has 110 valence electrons. The average Bonchev–Trinajstić information content (AvgIpc) is 3.03. The summed E-state index contributed by atoms with van der Waals surface area (Å²) in [6, 6.07) is 0. The Balaban J connectivity index is 1.61. The summed E-state index contributed by atoms with van der Waals surface area (Å²) in [7, 11) is 1.57. The standard InChI is InChI=1S/C14H21N3O2S/c1-11-15-12(9-20-11)7-17-6-4-14(17)3-5-16(10-14)13(18)8-19-2/h9H,3-8,10H2,1-2H3. The highest BCUT2D eigenvalue weighted by Gasteiger charge is 2.49. The molecule has 0 saturated carbocycles. The SMILES string of the molecule is COCC(=O)N1CCC2(CCN2Cc2csc(C)n2)C1. The topological polar surface area (TPSA) is 45.7 Å². The number of likely N-dealkylation sites (tertiary alicyclic amines) is 2. The number of nitrogens with zero attached hydrogens (tertiary/aromatic N) is 3. The number of methoxy groups -OCH3 is 1. The van der Waals surface area contributed by atoms with Crippen LogP contribution in [0.25, 0.3) is 0 Å². The van der Waals surface area contributed by atoms with Gasteiger partial charge >= 0.3 is 0 Å². The van der Waals surface area contributed by atoms with E-state index in [1.807, 2.05) is 11.8 Å². The Hall–Kier alpha value is -0.980. The third-order valence-corrected chi connectivity index (χ3v) is 5.31. The summed E-state index contributed by atoms with van der Waals surface area (Å²) in [6.07, 6.45) is 2.26. The lowest BCUT2D eigenvalue weighted by atomic mass is 9.83. The van der Waals surface area contributed by atoms with Crippen molar-refractivity contribution < 1.29 is 9.53 Å². The Morgan fingerprint density at radius 1 is 1.50 bits per heavy atom. The summed E-state index contributed by atoms with van der Waals surface area (Å²) in [5, 5.41) is 3.27. The van der Waals surface area contributed by atoms with Gasteiger partial charge in [0.1, 0.15) is 6.61 Å². The largest absolute Gasteiger partial charge is 0.375 e. The highest BCUT2D eigenvalue weighted by Crippen LogP contribution is 2.40. The van der Waals surface area contributed by atoms with Crippen LogP contribution in [-0.2, 0) is 16.1 Å². The Morgan fingerprint density at radius 3 is 2.90 bits per heavy atom. The lowest BCUT2D eigenvalue weighted by molar-refractivity contribution is -0.135. The van der Waals surface area contributed by atoms with Gasteiger partial charge in [0.15, 0.2) is 0 Å². The van der Waals surface area contributed by atoms with Crippen molar-refractivity contribution in [1.29, 1.82) is 0 Å². The first kappa shape index (κ1) is 14.0. The fourth-order valence-corrected chi connectivity index (χ4v) is 3.86. The van der Waals surface area contributed by atoms with Gasteiger partial charge in [-0.05, 0) is 19.8 Å². The molecule has 0 aromatic carbocycles. The molecule has 20 heavy (non-hydrogen) atoms. The van der Waals surface area contributed by atoms with Gasteiger partial charge in [-0.1, -0.05) is 0 Å². The summed E-state index contributed by atoms with van der Waals surface area (Å²) < 4.78 is 4.95. The third kappa shape index (κ3) is 2.47. The molecule has 2 fully saturated rings. The molecule has 2 aliphatic rings. The number of aryl methyl sites for hydroxylation is 1. The smallest absolute Gasteiger partial charge is 0.248 e. The second-order valence-electron chi connectivity index (χ2n) is 5.75. The molecule has 5 nitrogen and oxygen atoms in total. The van der Waals surface area contributed by atoms with Gasteiger partial charge in [-0.2, -0.15) is 0 Å². The van der Waals surface area contributed by atoms with E-state index in [9.17, 15) is 4.79 Å². The van der Waals surface area contributed by atoms with Gasteiger partial charge < -0.3 is 9.64 Å². The molecular formula is C14H21N3O2S. The number of hydrogen-bond donors (Lipinski definition) is 0. The maximum Gasteiger partial charge on any atom is 0.248 e. The van der Waals surface area contributed by atoms with Crippen LogP contribution in [-0.4, -0.2) is 59.6 Å². The van der Waals surface area contributed by atoms with Crippen molar-refractivity contribution >= 4 is 17.2 Å². The minimum absolute atomic E-state index is 0.112. The Labute approximate surface area is 123 Å². The normalized spacial score (nSPS) is 26.2. The van der Waals surface area contributed by atoms with Crippen molar-refractivity contribution in [1.82, 2.24) is 14.8 Å². The lowest BCUT2D eigenvalue weighted by Gasteiger charge is -2.50. The first-order chi connectivity index (χ1) is 9.63. The number of hydrogen-bond acceptors (Lipinski definition) is 5. The van der Waals surface area contributed by atoms with E-state index in [-0.39, 0.29) is 18.1 Å². The molecule has 0 aliphatic carbocycles. The number of aromatic nitrogens is 1. The van der Waals surface area contributed by atoms with Crippen LogP contribution in [0.3, 0.4) is 0 Å². The van der Waals surface area contributed by atoms with Crippen LogP contribution in [0.5, 0.6) is 0 Å². The molecule has 1 spiro atoms. The monoisotopic (exact) mass is 295 g/mol. The molecule has 1 aromatic heterocycles. The van der Waals surface area contributed by atoms with Crippen molar-refractivity contribution in [3.05, 3.63) is 16.1 Å². The maximum atomic E-state index is 11.9. The maximum absolute atomic E-state index is 11.9. The predicted octanol–water partition coefficient (Wildman–Crippen LogP) is 1.27. The Kier molecular flexibility index (Phi) is 3.79. The van der Waals surface area contributed by atoms with Crippen molar-refractivity contribution in [2.45, 2.75) is 31.8 Å². The van der Waals surface area contributed by atoms with E-state index >= 15 is 0 Å². The van der Waals surface area contributed by atoms with Gasteiger partial charge in [0.25, 0.3) is 0 Å². The molecule has 3 heterocycles. The van der Waals surface area contributed by atoms with Crippen molar-refractivity contribution in [2.75, 3.05) is 33.4 Å². The van der Waals surface area contributed by atoms with Gasteiger partial charge in [0.2, 0.25) is 5.91 Å². The van der Waals surface area contributed by atoms with Gasteiger partial charge in [-0.25, -0.2) is 4.98 Å². The van der Waals surface area contributed by atoms with Crippen molar-refractivity contribution in [3.8, 4) is 0 Å². The summed E-state index contributed by atoms with van der Waals surface area (Å²) in [5.41, 5.74) is 1.36. The minimum atomic E-state index is 0.112. The van der Waals surface area contributed by atoms with Crippen LogP contribution in [0.2, 0.25) is 0 Å². The second kappa shape index (κ2) is 5.42. The van der Waals surface area contributed by atoms with Crippen molar-refractivity contribution in [2.24, 2.45) is 0 Å². The summed E-state index contributed by atoms with van der Waals surface area (Å²) >= 11 is 1.71. The summed E-state index contributed by atoms with van der Waals surface area (Å²) in [5.74, 6) is 0.112. The molecule has 6 heteroatoms. The first-order valence-electron chi connectivity index (χ1n) is 7.06. The minimum Gasteiger partial charge on any atom is -0.375 e. The van der Waals surface area contributed by atoms with Crippen LogP contribution in [0.4, 0.5) is 0 Å². The molecule has 3 rings (SSSR count). The van der Waals surface area contributed by atoms with E-state index in [1.54, 1.807) is 18.4 Å². The number of ether oxygens (including phenoxy) is 1. The van der Waals surface area contributed by atoms with Crippen LogP contribution >= 0.6 is 11.3 Å². The first-order valence-corrected chi connectivity index (χ1v) is 7.94. The predicted molar refractivity (Wildman–Crippen MR) is 77.7 cm³/mol. The summed E-state index contributed by atoms with van der Waals surface area (Å²) in [4.78, 5) is 20.9. The molecule has 1 atom stereocenters. The zero-order valence-electron chi connectivity index (χ0n) is 12.1. The number of rotatable bonds is 4. The fraction of sp³-hybridized carbons (Fsp3) is 0.714. The average molecular weight is 295 g/mol. The molecule has 0 N–H and O–H groups in total. The molecule has 0 radical (unpaired) electrons. The Morgan fingerprint density at radius 2 is 2.30 bits per heavy atom. The van der Waals surface area contributed by atoms with E-state index in [0.717, 1.165) is 43.3 Å². The number of amides is 1. The third-order valence-electron chi connectivity index (χ3n) is 4.49. The van der Waals surface area contributed by atoms with E-state index in [1.165, 1.54) is 6.42 Å². The lowest BCUT2D eigenvalue weighted by Crippen LogP contribution is -2.60. The highest BCUT2D eigenvalue weighted by atomic mass is 32.1. The molecule has 0 bridgehead atoms. The van der Waals surface area contributed by atoms with Gasteiger partial charge in [-0.15, -0.1) is 11.3 Å². The number of carbonyl (C=O) groups excluding carboxylic acids is 1. The fourth-order valence-electron chi connectivity index (χ4n) is 3.26. The second-order valence-corrected chi connectivity index (χ2v) is 6.81. The zero-order valence-corrected chi connectivity index (χ0v) is 12.9. The van der Waals surface area contributed by atoms with Crippen molar-refractivity contribution in [3.63, 3.8) is 0 Å². The van der Waals surface area contributed by atoms with Crippen LogP contribution in [0.15, 0.2) is 5.38 Å². The molecule has 1 aromatic rings. The van der Waals surface area contributed by atoms with Gasteiger partial charge in [-0.3, -0.25) is 9.69 Å². The van der Waals surface area contributed by atoms with E-state index in [4.69, 9.17) is 4.74 Å². The number of carbonyl (C=O) groups is 1. The Bertz CT molecular complexity index is 504. The van der Waals surface area contributed by atoms with Crippen LogP contribution in [0, 0.1) is 6.92 Å². The molecule has 1 unspecified atom stereocenters. The van der Waals surface area contributed by atoms with E-state index in [0.29, 0.717) is 0 Å². The van der Waals surface area contributed by atoms with E-state index in [2.05, 4.69) is 15.3 Å². The molecular weight excluding hydrogens is 274 g/mol. The quantitative estimate of drug-likeness (QED) is 0.839. The zero-order chi connectivity index (χ0) is 14.2. The summed E-state index contributed by atoms with van der Waals surface area (Å²) in [6.45, 7) is 5.97.